The van der Waals surface area contributed by atoms with Crippen LogP contribution in [-0.2, 0) is 4.79 Å². The van der Waals surface area contributed by atoms with Crippen molar-refractivity contribution in [3.8, 4) is 0 Å². The van der Waals surface area contributed by atoms with Crippen molar-refractivity contribution in [3.63, 3.8) is 0 Å². The first kappa shape index (κ1) is 13.0. The van der Waals surface area contributed by atoms with Crippen LogP contribution in [0.2, 0.25) is 0 Å². The zero-order chi connectivity index (χ0) is 13.1. The molecule has 1 aromatic heterocycles. The second-order valence-corrected chi connectivity index (χ2v) is 4.64. The van der Waals surface area contributed by atoms with Crippen molar-refractivity contribution < 1.29 is 9.32 Å². The Bertz CT molecular complexity index is 408. The van der Waals surface area contributed by atoms with Gasteiger partial charge in [-0.1, -0.05) is 5.16 Å². The zero-order valence-electron chi connectivity index (χ0n) is 11.2. The molecule has 0 radical (unpaired) electrons. The van der Waals surface area contributed by atoms with Crippen molar-refractivity contribution in [2.75, 3.05) is 32.7 Å². The van der Waals surface area contributed by atoms with Gasteiger partial charge in [0.1, 0.15) is 0 Å². The van der Waals surface area contributed by atoms with E-state index in [9.17, 15) is 4.79 Å². The van der Waals surface area contributed by atoms with E-state index in [2.05, 4.69) is 15.0 Å². The van der Waals surface area contributed by atoms with Crippen molar-refractivity contribution in [3.05, 3.63) is 11.7 Å². The summed E-state index contributed by atoms with van der Waals surface area (Å²) in [6.07, 6.45) is 0. The maximum atomic E-state index is 11.9. The number of amides is 1. The Morgan fingerprint density at radius 3 is 2.61 bits per heavy atom. The largest absolute Gasteiger partial charge is 0.342 e. The van der Waals surface area contributed by atoms with E-state index in [-0.39, 0.29) is 11.8 Å². The summed E-state index contributed by atoms with van der Waals surface area (Å²) < 4.78 is 5.13. The van der Waals surface area contributed by atoms with Crippen LogP contribution < -0.4 is 0 Å². The summed E-state index contributed by atoms with van der Waals surface area (Å²) in [6, 6.07) is 0. The van der Waals surface area contributed by atoms with Gasteiger partial charge in [0.05, 0.1) is 12.5 Å². The molecule has 2 heterocycles. The Morgan fingerprint density at radius 2 is 2.11 bits per heavy atom. The summed E-state index contributed by atoms with van der Waals surface area (Å²) in [4.78, 5) is 20.1. The highest BCUT2D eigenvalue weighted by Gasteiger charge is 2.33. The van der Waals surface area contributed by atoms with Gasteiger partial charge in [0.15, 0.2) is 5.82 Å². The smallest absolute Gasteiger partial charge is 0.236 e. The molecule has 6 heteroatoms. The molecule has 18 heavy (non-hydrogen) atoms. The standard InChI is InChI=1S/C12H20N4O2/c1-4-16(5-2)11(17)8-15-6-10(7-15)12-13-9(3)14-18-12/h10H,4-8H2,1-3H3. The molecule has 100 valence electrons. The number of aromatic nitrogens is 2. The fourth-order valence-corrected chi connectivity index (χ4v) is 2.20. The number of likely N-dealkylation sites (N-methyl/N-ethyl adjacent to an activating group) is 1. The van der Waals surface area contributed by atoms with Crippen molar-refractivity contribution in [1.29, 1.82) is 0 Å². The van der Waals surface area contributed by atoms with Crippen LogP contribution in [0.1, 0.15) is 31.5 Å². The zero-order valence-corrected chi connectivity index (χ0v) is 11.2. The quantitative estimate of drug-likeness (QED) is 0.769. The fourth-order valence-electron chi connectivity index (χ4n) is 2.20. The van der Waals surface area contributed by atoms with Crippen LogP contribution >= 0.6 is 0 Å². The highest BCUT2D eigenvalue weighted by Crippen LogP contribution is 2.25. The summed E-state index contributed by atoms with van der Waals surface area (Å²) in [7, 11) is 0. The number of nitrogens with zero attached hydrogens (tertiary/aromatic N) is 4. The van der Waals surface area contributed by atoms with E-state index in [1.807, 2.05) is 25.7 Å². The number of likely N-dealkylation sites (tertiary alicyclic amines) is 1. The Hall–Kier alpha value is -1.43. The first-order chi connectivity index (χ1) is 8.63. The first-order valence-corrected chi connectivity index (χ1v) is 6.44. The molecule has 0 spiro atoms. The molecule has 0 aliphatic carbocycles. The van der Waals surface area contributed by atoms with Crippen LogP contribution in [-0.4, -0.2) is 58.6 Å². The summed E-state index contributed by atoms with van der Waals surface area (Å²) in [6.45, 7) is 9.51. The van der Waals surface area contributed by atoms with Gasteiger partial charge in [-0.25, -0.2) is 0 Å². The number of hydrogen-bond donors (Lipinski definition) is 0. The van der Waals surface area contributed by atoms with Crippen molar-refractivity contribution >= 4 is 5.91 Å². The molecule has 1 aliphatic heterocycles. The van der Waals surface area contributed by atoms with Gasteiger partial charge in [-0.15, -0.1) is 0 Å². The summed E-state index contributed by atoms with van der Waals surface area (Å²) in [5.74, 6) is 1.84. The summed E-state index contributed by atoms with van der Waals surface area (Å²) >= 11 is 0. The lowest BCUT2D eigenvalue weighted by atomic mass is 10.0. The highest BCUT2D eigenvalue weighted by atomic mass is 16.5. The number of hydrogen-bond acceptors (Lipinski definition) is 5. The predicted octanol–water partition coefficient (Wildman–Crippen LogP) is 0.646. The molecule has 1 aromatic rings. The normalized spacial score (nSPS) is 16.6. The molecule has 1 aliphatic rings. The van der Waals surface area contributed by atoms with Crippen molar-refractivity contribution in [2.24, 2.45) is 0 Å². The van der Waals surface area contributed by atoms with Crippen LogP contribution in [0.4, 0.5) is 0 Å². The van der Waals surface area contributed by atoms with Crippen molar-refractivity contribution in [2.45, 2.75) is 26.7 Å². The fraction of sp³-hybridized carbons (Fsp3) is 0.750. The maximum absolute atomic E-state index is 11.9. The lowest BCUT2D eigenvalue weighted by Gasteiger charge is -2.37. The van der Waals surface area contributed by atoms with Crippen LogP contribution in [0.5, 0.6) is 0 Å². The van der Waals surface area contributed by atoms with Gasteiger partial charge in [-0.3, -0.25) is 9.69 Å². The molecule has 0 saturated carbocycles. The minimum absolute atomic E-state index is 0.195. The highest BCUT2D eigenvalue weighted by molar-refractivity contribution is 5.78. The first-order valence-electron chi connectivity index (χ1n) is 6.44. The average Bonchev–Trinajstić information content (AvgIpc) is 2.71. The van der Waals surface area contributed by atoms with E-state index >= 15 is 0 Å². The third-order valence-electron chi connectivity index (χ3n) is 3.32. The van der Waals surface area contributed by atoms with E-state index in [4.69, 9.17) is 4.52 Å². The van der Waals surface area contributed by atoms with Crippen LogP contribution in [0.3, 0.4) is 0 Å². The number of carbonyl (C=O) groups is 1. The molecule has 1 fully saturated rings. The molecule has 0 unspecified atom stereocenters. The number of aryl methyl sites for hydroxylation is 1. The molecule has 6 nitrogen and oxygen atoms in total. The van der Waals surface area contributed by atoms with Crippen LogP contribution in [0, 0.1) is 6.92 Å². The third-order valence-corrected chi connectivity index (χ3v) is 3.32. The topological polar surface area (TPSA) is 62.5 Å². The third kappa shape index (κ3) is 2.69. The Balaban J connectivity index is 1.78. The molecular weight excluding hydrogens is 232 g/mol. The predicted molar refractivity (Wildman–Crippen MR) is 66.1 cm³/mol. The van der Waals surface area contributed by atoms with E-state index in [0.717, 1.165) is 26.2 Å². The van der Waals surface area contributed by atoms with E-state index < -0.39 is 0 Å². The lowest BCUT2D eigenvalue weighted by Crippen LogP contribution is -2.50. The lowest BCUT2D eigenvalue weighted by molar-refractivity contribution is -0.133. The molecule has 0 atom stereocenters. The second kappa shape index (κ2) is 5.48. The number of carbonyl (C=O) groups excluding carboxylic acids is 1. The molecule has 1 amide bonds. The molecular formula is C12H20N4O2. The van der Waals surface area contributed by atoms with Gasteiger partial charge in [-0.05, 0) is 20.8 Å². The molecule has 2 rings (SSSR count). The summed E-state index contributed by atoms with van der Waals surface area (Å²) in [5.41, 5.74) is 0. The van der Waals surface area contributed by atoms with E-state index in [1.165, 1.54) is 0 Å². The van der Waals surface area contributed by atoms with E-state index in [1.54, 1.807) is 0 Å². The molecule has 1 saturated heterocycles. The monoisotopic (exact) mass is 252 g/mol. The Morgan fingerprint density at radius 1 is 1.44 bits per heavy atom. The Labute approximate surface area is 107 Å². The van der Waals surface area contributed by atoms with Crippen LogP contribution in [0.15, 0.2) is 4.52 Å². The minimum Gasteiger partial charge on any atom is -0.342 e. The average molecular weight is 252 g/mol. The Kier molecular flexibility index (Phi) is 3.96. The van der Waals surface area contributed by atoms with Gasteiger partial charge < -0.3 is 9.42 Å². The second-order valence-electron chi connectivity index (χ2n) is 4.64. The molecule has 0 aromatic carbocycles. The van der Waals surface area contributed by atoms with Crippen molar-refractivity contribution in [1.82, 2.24) is 19.9 Å². The van der Waals surface area contributed by atoms with Crippen LogP contribution in [0.25, 0.3) is 0 Å². The van der Waals surface area contributed by atoms with Gasteiger partial charge >= 0.3 is 0 Å². The SMILES string of the molecule is CCN(CC)C(=O)CN1CC(c2nc(C)no2)C1. The van der Waals surface area contributed by atoms with Gasteiger partial charge in [0.2, 0.25) is 11.8 Å². The molecule has 0 bridgehead atoms. The number of rotatable bonds is 5. The summed E-state index contributed by atoms with van der Waals surface area (Å²) in [5, 5.41) is 3.78. The maximum Gasteiger partial charge on any atom is 0.236 e. The van der Waals surface area contributed by atoms with Gasteiger partial charge in [0, 0.05) is 26.2 Å². The van der Waals surface area contributed by atoms with Gasteiger partial charge in [-0.2, -0.15) is 4.98 Å². The van der Waals surface area contributed by atoms with E-state index in [0.29, 0.717) is 18.3 Å². The minimum atomic E-state index is 0.195. The molecule has 0 N–H and O–H groups in total. The van der Waals surface area contributed by atoms with Gasteiger partial charge in [0.25, 0.3) is 0 Å².